The van der Waals surface area contributed by atoms with Gasteiger partial charge in [-0.1, -0.05) is 0 Å². The van der Waals surface area contributed by atoms with Crippen molar-refractivity contribution in [3.05, 3.63) is 23.3 Å². The van der Waals surface area contributed by atoms with E-state index in [9.17, 15) is 9.59 Å². The van der Waals surface area contributed by atoms with Crippen molar-refractivity contribution in [2.24, 2.45) is 5.92 Å². The maximum Gasteiger partial charge on any atom is 0.225 e. The Bertz CT molecular complexity index is 659. The number of rotatable bonds is 5. The van der Waals surface area contributed by atoms with E-state index in [1.807, 2.05) is 26.0 Å². The van der Waals surface area contributed by atoms with Gasteiger partial charge in [-0.3, -0.25) is 9.59 Å². The third-order valence-corrected chi connectivity index (χ3v) is 4.54. The third kappa shape index (κ3) is 3.32. The molecule has 2 heterocycles. The SMILES string of the molecule is CCOc1cc2c(cc1CNC(=O)[C@H]1CC(=O)N(C)C1)O[C@H](C)C2. The van der Waals surface area contributed by atoms with Gasteiger partial charge in [-0.15, -0.1) is 0 Å². The number of ether oxygens (including phenoxy) is 2. The Kier molecular flexibility index (Phi) is 4.64. The summed E-state index contributed by atoms with van der Waals surface area (Å²) in [6.07, 6.45) is 1.32. The highest BCUT2D eigenvalue weighted by Gasteiger charge is 2.32. The molecule has 0 unspecified atom stereocenters. The second-order valence-electron chi connectivity index (χ2n) is 6.53. The maximum absolute atomic E-state index is 12.3. The number of hydrogen-bond acceptors (Lipinski definition) is 4. The van der Waals surface area contributed by atoms with E-state index in [4.69, 9.17) is 9.47 Å². The smallest absolute Gasteiger partial charge is 0.225 e. The summed E-state index contributed by atoms with van der Waals surface area (Å²) in [4.78, 5) is 25.5. The van der Waals surface area contributed by atoms with E-state index in [2.05, 4.69) is 5.32 Å². The van der Waals surface area contributed by atoms with Gasteiger partial charge in [-0.25, -0.2) is 0 Å². The molecule has 2 aliphatic heterocycles. The first kappa shape index (κ1) is 16.6. The lowest BCUT2D eigenvalue weighted by atomic mass is 10.1. The molecule has 0 spiro atoms. The van der Waals surface area contributed by atoms with E-state index < -0.39 is 0 Å². The predicted molar refractivity (Wildman–Crippen MR) is 89.0 cm³/mol. The first-order valence-electron chi connectivity index (χ1n) is 8.44. The molecule has 3 rings (SSSR count). The molecule has 0 saturated carbocycles. The minimum atomic E-state index is -0.274. The summed E-state index contributed by atoms with van der Waals surface area (Å²) in [6, 6.07) is 3.97. The molecule has 1 saturated heterocycles. The van der Waals surface area contributed by atoms with E-state index >= 15 is 0 Å². The summed E-state index contributed by atoms with van der Waals surface area (Å²) < 4.78 is 11.5. The molecule has 6 heteroatoms. The zero-order valence-corrected chi connectivity index (χ0v) is 14.4. The van der Waals surface area contributed by atoms with Crippen LogP contribution in [0.4, 0.5) is 0 Å². The van der Waals surface area contributed by atoms with Gasteiger partial charge in [0.1, 0.15) is 17.6 Å². The standard InChI is InChI=1S/C18H24N2O4/c1-4-23-15-6-12-5-11(2)24-16(12)7-13(15)9-19-18(22)14-8-17(21)20(3)10-14/h6-7,11,14H,4-5,8-10H2,1-3H3,(H,19,22)/t11-,14+/m1/s1. The molecule has 0 aromatic heterocycles. The summed E-state index contributed by atoms with van der Waals surface area (Å²) in [6.45, 7) is 5.39. The van der Waals surface area contributed by atoms with Crippen molar-refractivity contribution in [3.8, 4) is 11.5 Å². The lowest BCUT2D eigenvalue weighted by Gasteiger charge is -2.15. The number of nitrogens with zero attached hydrogens (tertiary/aromatic N) is 1. The van der Waals surface area contributed by atoms with E-state index in [1.54, 1.807) is 11.9 Å². The number of carbonyl (C=O) groups is 2. The van der Waals surface area contributed by atoms with Crippen LogP contribution >= 0.6 is 0 Å². The fourth-order valence-corrected chi connectivity index (χ4v) is 3.28. The van der Waals surface area contributed by atoms with E-state index in [0.717, 1.165) is 29.0 Å². The van der Waals surface area contributed by atoms with Crippen LogP contribution < -0.4 is 14.8 Å². The van der Waals surface area contributed by atoms with E-state index in [-0.39, 0.29) is 30.3 Å². The second-order valence-corrected chi connectivity index (χ2v) is 6.53. The molecule has 1 fully saturated rings. The number of amides is 2. The zero-order chi connectivity index (χ0) is 17.3. The van der Waals surface area contributed by atoms with Crippen LogP contribution in [0.15, 0.2) is 12.1 Å². The van der Waals surface area contributed by atoms with Crippen LogP contribution in [-0.2, 0) is 22.6 Å². The fraction of sp³-hybridized carbons (Fsp3) is 0.556. The van der Waals surface area contributed by atoms with Crippen LogP contribution in [0.5, 0.6) is 11.5 Å². The largest absolute Gasteiger partial charge is 0.494 e. The number of fused-ring (bicyclic) bond motifs is 1. The van der Waals surface area contributed by atoms with Crippen LogP contribution in [0.1, 0.15) is 31.4 Å². The van der Waals surface area contributed by atoms with E-state index in [1.165, 1.54) is 0 Å². The molecule has 24 heavy (non-hydrogen) atoms. The summed E-state index contributed by atoms with van der Waals surface area (Å²) >= 11 is 0. The number of likely N-dealkylation sites (tertiary alicyclic amines) is 1. The average Bonchev–Trinajstić information content (AvgIpc) is 3.06. The second kappa shape index (κ2) is 6.71. The van der Waals surface area contributed by atoms with Crippen molar-refractivity contribution in [2.75, 3.05) is 20.2 Å². The Morgan fingerprint density at radius 2 is 2.21 bits per heavy atom. The molecule has 1 aromatic carbocycles. The molecule has 2 aliphatic rings. The highest BCUT2D eigenvalue weighted by Crippen LogP contribution is 2.35. The molecule has 1 aromatic rings. The van der Waals surface area contributed by atoms with Crippen LogP contribution in [0.25, 0.3) is 0 Å². The molecule has 0 aliphatic carbocycles. The molecule has 1 N–H and O–H groups in total. The first-order valence-corrected chi connectivity index (χ1v) is 8.44. The minimum absolute atomic E-state index is 0.0186. The summed E-state index contributed by atoms with van der Waals surface area (Å²) in [5, 5.41) is 2.93. The fourth-order valence-electron chi connectivity index (χ4n) is 3.28. The van der Waals surface area contributed by atoms with Gasteiger partial charge in [0.15, 0.2) is 0 Å². The van der Waals surface area contributed by atoms with Gasteiger partial charge < -0.3 is 19.7 Å². The highest BCUT2D eigenvalue weighted by molar-refractivity contribution is 5.89. The molecule has 0 bridgehead atoms. The minimum Gasteiger partial charge on any atom is -0.494 e. The lowest BCUT2D eigenvalue weighted by Crippen LogP contribution is -2.31. The van der Waals surface area contributed by atoms with Crippen molar-refractivity contribution in [2.45, 2.75) is 39.3 Å². The Morgan fingerprint density at radius 3 is 2.88 bits per heavy atom. The van der Waals surface area contributed by atoms with Crippen molar-refractivity contribution in [3.63, 3.8) is 0 Å². The molecule has 2 atom stereocenters. The van der Waals surface area contributed by atoms with Crippen LogP contribution in [0, 0.1) is 5.92 Å². The maximum atomic E-state index is 12.3. The molecule has 0 radical (unpaired) electrons. The van der Waals surface area contributed by atoms with Gasteiger partial charge in [0, 0.05) is 44.1 Å². The van der Waals surface area contributed by atoms with Crippen LogP contribution in [0.2, 0.25) is 0 Å². The Morgan fingerprint density at radius 1 is 1.42 bits per heavy atom. The number of carbonyl (C=O) groups excluding carboxylic acids is 2. The summed E-state index contributed by atoms with van der Waals surface area (Å²) in [7, 11) is 1.72. The number of benzene rings is 1. The molecular weight excluding hydrogens is 308 g/mol. The van der Waals surface area contributed by atoms with Gasteiger partial charge >= 0.3 is 0 Å². The Balaban J connectivity index is 1.69. The van der Waals surface area contributed by atoms with Gasteiger partial charge in [0.25, 0.3) is 0 Å². The zero-order valence-electron chi connectivity index (χ0n) is 14.4. The average molecular weight is 332 g/mol. The lowest BCUT2D eigenvalue weighted by molar-refractivity contribution is -0.128. The van der Waals surface area contributed by atoms with Crippen molar-refractivity contribution in [1.29, 1.82) is 0 Å². The molecular formula is C18H24N2O4. The topological polar surface area (TPSA) is 67.9 Å². The van der Waals surface area contributed by atoms with Crippen molar-refractivity contribution >= 4 is 11.8 Å². The first-order chi connectivity index (χ1) is 11.5. The molecule has 2 amide bonds. The molecule has 130 valence electrons. The third-order valence-electron chi connectivity index (χ3n) is 4.54. The van der Waals surface area contributed by atoms with Gasteiger partial charge in [-0.05, 0) is 26.0 Å². The summed E-state index contributed by atoms with van der Waals surface area (Å²) in [5.74, 6) is 1.30. The molecule has 6 nitrogen and oxygen atoms in total. The normalized spacial score (nSPS) is 22.3. The number of nitrogens with one attached hydrogen (secondary N) is 1. The highest BCUT2D eigenvalue weighted by atomic mass is 16.5. The van der Waals surface area contributed by atoms with Crippen molar-refractivity contribution < 1.29 is 19.1 Å². The van der Waals surface area contributed by atoms with Gasteiger partial charge in [0.2, 0.25) is 11.8 Å². The monoisotopic (exact) mass is 332 g/mol. The Hall–Kier alpha value is -2.24. The van der Waals surface area contributed by atoms with Crippen LogP contribution in [0.3, 0.4) is 0 Å². The van der Waals surface area contributed by atoms with Gasteiger partial charge in [0.05, 0.1) is 12.5 Å². The van der Waals surface area contributed by atoms with Crippen LogP contribution in [-0.4, -0.2) is 43.0 Å². The number of hydrogen-bond donors (Lipinski definition) is 1. The van der Waals surface area contributed by atoms with Crippen molar-refractivity contribution in [1.82, 2.24) is 10.2 Å². The summed E-state index contributed by atoms with van der Waals surface area (Å²) in [5.41, 5.74) is 2.04. The predicted octanol–water partition coefficient (Wildman–Crippen LogP) is 1.50. The van der Waals surface area contributed by atoms with Gasteiger partial charge in [-0.2, -0.15) is 0 Å². The van der Waals surface area contributed by atoms with E-state index in [0.29, 0.717) is 19.7 Å². The quantitative estimate of drug-likeness (QED) is 0.887. The Labute approximate surface area is 142 Å².